The van der Waals surface area contributed by atoms with Gasteiger partial charge >= 0.3 is 5.97 Å². The number of amides is 3. The van der Waals surface area contributed by atoms with Gasteiger partial charge in [0.05, 0.1) is 6.42 Å². The fourth-order valence-electron chi connectivity index (χ4n) is 3.35. The molecule has 0 aliphatic carbocycles. The molecule has 162 valence electrons. The number of nitrogens with one attached hydrogen (secondary N) is 1. The van der Waals surface area contributed by atoms with Crippen molar-refractivity contribution >= 4 is 23.7 Å². The summed E-state index contributed by atoms with van der Waals surface area (Å²) in [5, 5.41) is 2.69. The number of benzene rings is 2. The van der Waals surface area contributed by atoms with E-state index < -0.39 is 36.8 Å². The highest BCUT2D eigenvalue weighted by atomic mass is 16.5. The van der Waals surface area contributed by atoms with Gasteiger partial charge in [-0.25, -0.2) is 0 Å². The zero-order chi connectivity index (χ0) is 22.4. The van der Waals surface area contributed by atoms with Gasteiger partial charge in [-0.05, 0) is 35.1 Å². The summed E-state index contributed by atoms with van der Waals surface area (Å²) < 4.78 is 4.94. The predicted molar refractivity (Wildman–Crippen MR) is 114 cm³/mol. The average molecular weight is 422 g/mol. The molecular weight excluding hydrogens is 396 g/mol. The van der Waals surface area contributed by atoms with Crippen LogP contribution in [0.25, 0.3) is 0 Å². The lowest BCUT2D eigenvalue weighted by molar-refractivity contribution is -0.151. The Morgan fingerprint density at radius 2 is 1.77 bits per heavy atom. The standard InChI is InChI=1S/C24H26N2O5/c1-16(2)18-9-7-17(8-10-18)11-12-25-21(27)15-31-23(29)14-26-22(28)13-19-5-3-4-6-20(19)24(26)30/h3-10,16H,11-15H2,1-2H3,(H,25,27). The van der Waals surface area contributed by atoms with Gasteiger partial charge in [-0.2, -0.15) is 0 Å². The van der Waals surface area contributed by atoms with E-state index in [1.165, 1.54) is 5.56 Å². The molecule has 3 amide bonds. The zero-order valence-electron chi connectivity index (χ0n) is 17.7. The maximum Gasteiger partial charge on any atom is 0.326 e. The lowest BCUT2D eigenvalue weighted by Gasteiger charge is -2.25. The lowest BCUT2D eigenvalue weighted by Crippen LogP contribution is -2.45. The summed E-state index contributed by atoms with van der Waals surface area (Å²) in [6, 6.07) is 15.0. The number of esters is 1. The smallest absolute Gasteiger partial charge is 0.326 e. The first-order chi connectivity index (χ1) is 14.8. The fourth-order valence-corrected chi connectivity index (χ4v) is 3.35. The molecular formula is C24H26N2O5. The Balaban J connectivity index is 1.41. The van der Waals surface area contributed by atoms with Gasteiger partial charge in [0.1, 0.15) is 6.54 Å². The van der Waals surface area contributed by atoms with E-state index in [4.69, 9.17) is 4.74 Å². The molecule has 3 rings (SSSR count). The molecule has 1 N–H and O–H groups in total. The van der Waals surface area contributed by atoms with E-state index in [0.29, 0.717) is 30.0 Å². The third kappa shape index (κ3) is 5.78. The number of fused-ring (bicyclic) bond motifs is 1. The van der Waals surface area contributed by atoms with Gasteiger partial charge in [-0.3, -0.25) is 24.1 Å². The van der Waals surface area contributed by atoms with E-state index in [0.717, 1.165) is 10.5 Å². The molecule has 2 aromatic carbocycles. The molecule has 0 saturated carbocycles. The van der Waals surface area contributed by atoms with Gasteiger partial charge in [0.15, 0.2) is 6.61 Å². The molecule has 7 nitrogen and oxygen atoms in total. The predicted octanol–water partition coefficient (Wildman–Crippen LogP) is 2.24. The second-order valence-corrected chi connectivity index (χ2v) is 7.78. The Kier molecular flexibility index (Phi) is 7.18. The first kappa shape index (κ1) is 22.2. The van der Waals surface area contributed by atoms with Crippen molar-refractivity contribution in [3.8, 4) is 0 Å². The molecule has 0 bridgehead atoms. The highest BCUT2D eigenvalue weighted by molar-refractivity contribution is 6.11. The molecule has 2 aromatic rings. The third-order valence-electron chi connectivity index (χ3n) is 5.17. The van der Waals surface area contributed by atoms with Crippen LogP contribution in [0, 0.1) is 0 Å². The summed E-state index contributed by atoms with van der Waals surface area (Å²) >= 11 is 0. The Morgan fingerprint density at radius 3 is 2.48 bits per heavy atom. The molecule has 0 radical (unpaired) electrons. The molecule has 7 heteroatoms. The van der Waals surface area contributed by atoms with Gasteiger partial charge in [0.25, 0.3) is 11.8 Å². The van der Waals surface area contributed by atoms with E-state index in [1.54, 1.807) is 24.3 Å². The largest absolute Gasteiger partial charge is 0.454 e. The maximum absolute atomic E-state index is 12.5. The molecule has 0 unspecified atom stereocenters. The molecule has 31 heavy (non-hydrogen) atoms. The van der Waals surface area contributed by atoms with Crippen molar-refractivity contribution in [2.45, 2.75) is 32.6 Å². The Morgan fingerprint density at radius 1 is 1.06 bits per heavy atom. The van der Waals surface area contributed by atoms with Crippen molar-refractivity contribution in [2.24, 2.45) is 0 Å². The fraction of sp³-hybridized carbons (Fsp3) is 0.333. The molecule has 0 atom stereocenters. The number of hydrogen-bond donors (Lipinski definition) is 1. The second-order valence-electron chi connectivity index (χ2n) is 7.78. The second kappa shape index (κ2) is 10.0. The molecule has 0 fully saturated rings. The number of carbonyl (C=O) groups is 4. The first-order valence-electron chi connectivity index (χ1n) is 10.3. The average Bonchev–Trinajstić information content (AvgIpc) is 2.75. The first-order valence-corrected chi connectivity index (χ1v) is 10.3. The summed E-state index contributed by atoms with van der Waals surface area (Å²) in [7, 11) is 0. The van der Waals surface area contributed by atoms with Crippen molar-refractivity contribution in [1.82, 2.24) is 10.2 Å². The number of hydrogen-bond acceptors (Lipinski definition) is 5. The van der Waals surface area contributed by atoms with Gasteiger partial charge in [-0.15, -0.1) is 0 Å². The van der Waals surface area contributed by atoms with Crippen LogP contribution in [0.4, 0.5) is 0 Å². The monoisotopic (exact) mass is 422 g/mol. The van der Waals surface area contributed by atoms with Gasteiger partial charge < -0.3 is 10.1 Å². The molecule has 1 heterocycles. The van der Waals surface area contributed by atoms with Crippen molar-refractivity contribution in [1.29, 1.82) is 0 Å². The minimum absolute atomic E-state index is 0.0494. The van der Waals surface area contributed by atoms with Crippen molar-refractivity contribution < 1.29 is 23.9 Å². The normalized spacial score (nSPS) is 13.2. The minimum atomic E-state index is -0.805. The van der Waals surface area contributed by atoms with Crippen LogP contribution in [0.15, 0.2) is 48.5 Å². The number of imide groups is 1. The molecule has 1 aliphatic rings. The maximum atomic E-state index is 12.5. The Bertz CT molecular complexity index is 982. The summed E-state index contributed by atoms with van der Waals surface area (Å²) in [5.74, 6) is -1.77. The van der Waals surface area contributed by atoms with E-state index in [9.17, 15) is 19.2 Å². The molecule has 0 saturated heterocycles. The van der Waals surface area contributed by atoms with Crippen LogP contribution in [0.2, 0.25) is 0 Å². The van der Waals surface area contributed by atoms with Crippen LogP contribution in [-0.4, -0.2) is 48.3 Å². The van der Waals surface area contributed by atoms with Crippen molar-refractivity contribution in [2.75, 3.05) is 19.7 Å². The van der Waals surface area contributed by atoms with E-state index >= 15 is 0 Å². The quantitative estimate of drug-likeness (QED) is 0.520. The number of carbonyl (C=O) groups excluding carboxylic acids is 4. The highest BCUT2D eigenvalue weighted by Gasteiger charge is 2.32. The van der Waals surface area contributed by atoms with Gasteiger partial charge in [0.2, 0.25) is 5.91 Å². The van der Waals surface area contributed by atoms with E-state index in [-0.39, 0.29) is 6.42 Å². The SMILES string of the molecule is CC(C)c1ccc(CCNC(=O)COC(=O)CN2C(=O)Cc3ccccc3C2=O)cc1. The highest BCUT2D eigenvalue weighted by Crippen LogP contribution is 2.19. The minimum Gasteiger partial charge on any atom is -0.454 e. The topological polar surface area (TPSA) is 92.8 Å². The van der Waals surface area contributed by atoms with Crippen LogP contribution in [0.3, 0.4) is 0 Å². The van der Waals surface area contributed by atoms with Crippen LogP contribution >= 0.6 is 0 Å². The zero-order valence-corrected chi connectivity index (χ0v) is 17.7. The summed E-state index contributed by atoms with van der Waals surface area (Å²) in [6.45, 7) is 3.70. The van der Waals surface area contributed by atoms with Crippen LogP contribution in [0.1, 0.15) is 46.8 Å². The molecule has 0 aromatic heterocycles. The van der Waals surface area contributed by atoms with Crippen LogP contribution in [0.5, 0.6) is 0 Å². The molecule has 0 spiro atoms. The van der Waals surface area contributed by atoms with Gasteiger partial charge in [0, 0.05) is 12.1 Å². The van der Waals surface area contributed by atoms with Crippen molar-refractivity contribution in [3.05, 3.63) is 70.8 Å². The summed E-state index contributed by atoms with van der Waals surface area (Å²) in [4.78, 5) is 49.5. The third-order valence-corrected chi connectivity index (χ3v) is 5.17. The van der Waals surface area contributed by atoms with Crippen molar-refractivity contribution in [3.63, 3.8) is 0 Å². The van der Waals surface area contributed by atoms with Crippen LogP contribution in [-0.2, 0) is 32.0 Å². The lowest BCUT2D eigenvalue weighted by atomic mass is 9.98. The van der Waals surface area contributed by atoms with Gasteiger partial charge in [-0.1, -0.05) is 56.3 Å². The Hall–Kier alpha value is -3.48. The van der Waals surface area contributed by atoms with Crippen LogP contribution < -0.4 is 5.32 Å². The number of rotatable bonds is 8. The Labute approximate surface area is 181 Å². The molecule has 1 aliphatic heterocycles. The summed E-state index contributed by atoms with van der Waals surface area (Å²) in [6.07, 6.45) is 0.710. The number of ether oxygens (including phenoxy) is 1. The van der Waals surface area contributed by atoms with E-state index in [1.807, 2.05) is 12.1 Å². The number of nitrogens with zero attached hydrogens (tertiary/aromatic N) is 1. The summed E-state index contributed by atoms with van der Waals surface area (Å²) in [5.41, 5.74) is 3.40. The van der Waals surface area contributed by atoms with E-state index in [2.05, 4.69) is 31.3 Å².